The number of benzene rings is 2. The van der Waals surface area contributed by atoms with E-state index in [1.807, 2.05) is 30.3 Å². The Morgan fingerprint density at radius 1 is 1.16 bits per heavy atom. The van der Waals surface area contributed by atoms with Crippen LogP contribution >= 0.6 is 11.6 Å². The highest BCUT2D eigenvalue weighted by Crippen LogP contribution is 2.25. The fourth-order valence-corrected chi connectivity index (χ4v) is 2.56. The third-order valence-corrected chi connectivity index (χ3v) is 3.40. The van der Waals surface area contributed by atoms with Crippen LogP contribution in [0, 0.1) is 0 Å². The number of nitrogens with two attached hydrogens (primary N) is 1. The minimum atomic E-state index is -0.419. The van der Waals surface area contributed by atoms with Crippen LogP contribution in [0.2, 0.25) is 5.02 Å². The summed E-state index contributed by atoms with van der Waals surface area (Å²) in [7, 11) is 3.17. The Kier molecular flexibility index (Phi) is 4.77. The largest absolute Gasteiger partial charge is 0.354 e. The van der Waals surface area contributed by atoms with E-state index < -0.39 is 6.29 Å². The molecule has 1 unspecified atom stereocenters. The van der Waals surface area contributed by atoms with Crippen LogP contribution in [0.5, 0.6) is 0 Å². The van der Waals surface area contributed by atoms with Crippen molar-refractivity contribution < 1.29 is 9.47 Å². The average Bonchev–Trinajstić information content (AvgIpc) is 2.40. The molecule has 0 saturated heterocycles. The Bertz CT molecular complexity index is 555. The van der Waals surface area contributed by atoms with Gasteiger partial charge in [0.1, 0.15) is 0 Å². The van der Waals surface area contributed by atoms with E-state index in [4.69, 9.17) is 26.8 Å². The average molecular weight is 280 g/mol. The van der Waals surface area contributed by atoms with Crippen LogP contribution in [0.25, 0.3) is 10.8 Å². The first-order valence-corrected chi connectivity index (χ1v) is 6.52. The second-order valence-corrected chi connectivity index (χ2v) is 4.93. The molecule has 0 spiro atoms. The number of hydrogen-bond donors (Lipinski definition) is 1. The van der Waals surface area contributed by atoms with Gasteiger partial charge in [0, 0.05) is 19.2 Å². The van der Waals surface area contributed by atoms with Crippen LogP contribution in [0.3, 0.4) is 0 Å². The smallest absolute Gasteiger partial charge is 0.172 e. The summed E-state index contributed by atoms with van der Waals surface area (Å²) in [6, 6.07) is 11.8. The van der Waals surface area contributed by atoms with Gasteiger partial charge in [-0.15, -0.1) is 0 Å². The number of fused-ring (bicyclic) bond motifs is 1. The summed E-state index contributed by atoms with van der Waals surface area (Å²) >= 11 is 6.15. The molecule has 0 amide bonds. The number of hydrogen-bond acceptors (Lipinski definition) is 3. The highest BCUT2D eigenvalue weighted by molar-refractivity contribution is 6.31. The molecule has 0 radical (unpaired) electrons. The van der Waals surface area contributed by atoms with E-state index in [0.717, 1.165) is 16.3 Å². The molecule has 0 aliphatic rings. The molecule has 0 heterocycles. The van der Waals surface area contributed by atoms with Gasteiger partial charge in [0.05, 0.1) is 6.04 Å². The van der Waals surface area contributed by atoms with Gasteiger partial charge in [-0.25, -0.2) is 0 Å². The van der Waals surface area contributed by atoms with Crippen LogP contribution in [0.1, 0.15) is 5.56 Å². The van der Waals surface area contributed by atoms with Crippen molar-refractivity contribution in [2.24, 2.45) is 5.73 Å². The van der Waals surface area contributed by atoms with Gasteiger partial charge < -0.3 is 15.2 Å². The van der Waals surface area contributed by atoms with Crippen molar-refractivity contribution >= 4 is 22.4 Å². The minimum Gasteiger partial charge on any atom is -0.354 e. The molecule has 2 aromatic rings. The quantitative estimate of drug-likeness (QED) is 0.856. The van der Waals surface area contributed by atoms with Crippen molar-refractivity contribution in [3.05, 3.63) is 47.0 Å². The summed E-state index contributed by atoms with van der Waals surface area (Å²) < 4.78 is 10.4. The Morgan fingerprint density at radius 2 is 1.84 bits per heavy atom. The molecule has 102 valence electrons. The molecule has 0 aliphatic carbocycles. The fraction of sp³-hybridized carbons (Fsp3) is 0.333. The van der Waals surface area contributed by atoms with Gasteiger partial charge in [0.15, 0.2) is 6.29 Å². The van der Waals surface area contributed by atoms with E-state index in [9.17, 15) is 0 Å². The number of methoxy groups -OCH3 is 2. The molecule has 1 atom stereocenters. The molecule has 0 aromatic heterocycles. The third kappa shape index (κ3) is 3.25. The van der Waals surface area contributed by atoms with Crippen molar-refractivity contribution in [1.29, 1.82) is 0 Å². The lowest BCUT2D eigenvalue weighted by Gasteiger charge is -2.21. The van der Waals surface area contributed by atoms with Gasteiger partial charge in [-0.1, -0.05) is 35.9 Å². The molecule has 2 N–H and O–H groups in total. The van der Waals surface area contributed by atoms with Crippen LogP contribution in [0.15, 0.2) is 36.4 Å². The van der Waals surface area contributed by atoms with Crippen molar-refractivity contribution in [2.75, 3.05) is 14.2 Å². The first-order valence-electron chi connectivity index (χ1n) is 6.14. The zero-order valence-electron chi connectivity index (χ0n) is 11.1. The van der Waals surface area contributed by atoms with Crippen molar-refractivity contribution in [2.45, 2.75) is 18.8 Å². The van der Waals surface area contributed by atoms with E-state index in [-0.39, 0.29) is 6.04 Å². The topological polar surface area (TPSA) is 44.5 Å². The maximum absolute atomic E-state index is 6.15. The van der Waals surface area contributed by atoms with Crippen LogP contribution in [0.4, 0.5) is 0 Å². The van der Waals surface area contributed by atoms with E-state index in [1.54, 1.807) is 14.2 Å². The third-order valence-electron chi connectivity index (χ3n) is 3.18. The molecule has 4 heteroatoms. The van der Waals surface area contributed by atoms with E-state index in [2.05, 4.69) is 6.07 Å². The number of halogens is 1. The van der Waals surface area contributed by atoms with Crippen molar-refractivity contribution in [3.8, 4) is 0 Å². The fourth-order valence-electron chi connectivity index (χ4n) is 2.31. The standard InChI is InChI=1S/C15H18ClNO2/c1-18-15(19-2)14(17)9-11-8-12(16)7-10-5-3-4-6-13(10)11/h3-8,14-15H,9,17H2,1-2H3. The molecule has 0 aliphatic heterocycles. The molecule has 19 heavy (non-hydrogen) atoms. The van der Waals surface area contributed by atoms with Gasteiger partial charge in [-0.2, -0.15) is 0 Å². The first-order chi connectivity index (χ1) is 9.15. The van der Waals surface area contributed by atoms with E-state index in [1.165, 1.54) is 0 Å². The Balaban J connectivity index is 2.34. The maximum Gasteiger partial charge on any atom is 0.172 e. The van der Waals surface area contributed by atoms with Crippen LogP contribution in [-0.2, 0) is 15.9 Å². The monoisotopic (exact) mass is 279 g/mol. The molecule has 0 saturated carbocycles. The summed E-state index contributed by atoms with van der Waals surface area (Å²) in [6.45, 7) is 0. The highest BCUT2D eigenvalue weighted by atomic mass is 35.5. The predicted octanol–water partition coefficient (Wildman–Crippen LogP) is 2.98. The maximum atomic E-state index is 6.15. The summed E-state index contributed by atoms with van der Waals surface area (Å²) in [5.41, 5.74) is 7.23. The van der Waals surface area contributed by atoms with Gasteiger partial charge >= 0.3 is 0 Å². The summed E-state index contributed by atoms with van der Waals surface area (Å²) in [5, 5.41) is 2.99. The lowest BCUT2D eigenvalue weighted by atomic mass is 9.99. The highest BCUT2D eigenvalue weighted by Gasteiger charge is 2.18. The second-order valence-electron chi connectivity index (χ2n) is 4.49. The summed E-state index contributed by atoms with van der Waals surface area (Å²) in [5.74, 6) is 0. The number of rotatable bonds is 5. The lowest BCUT2D eigenvalue weighted by Crippen LogP contribution is -2.39. The lowest BCUT2D eigenvalue weighted by molar-refractivity contribution is -0.115. The van der Waals surface area contributed by atoms with Gasteiger partial charge in [0.25, 0.3) is 0 Å². The van der Waals surface area contributed by atoms with Gasteiger partial charge in [0.2, 0.25) is 0 Å². The summed E-state index contributed by atoms with van der Waals surface area (Å²) in [4.78, 5) is 0. The molecular weight excluding hydrogens is 262 g/mol. The minimum absolute atomic E-state index is 0.239. The molecule has 3 nitrogen and oxygen atoms in total. The van der Waals surface area contributed by atoms with E-state index >= 15 is 0 Å². The molecule has 0 bridgehead atoms. The zero-order chi connectivity index (χ0) is 13.8. The van der Waals surface area contributed by atoms with Crippen LogP contribution in [-0.4, -0.2) is 26.6 Å². The second kappa shape index (κ2) is 6.35. The van der Waals surface area contributed by atoms with Crippen LogP contribution < -0.4 is 5.73 Å². The van der Waals surface area contributed by atoms with E-state index in [0.29, 0.717) is 11.4 Å². The Morgan fingerprint density at radius 3 is 2.53 bits per heavy atom. The first kappa shape index (κ1) is 14.3. The van der Waals surface area contributed by atoms with Crippen molar-refractivity contribution in [3.63, 3.8) is 0 Å². The van der Waals surface area contributed by atoms with Crippen molar-refractivity contribution in [1.82, 2.24) is 0 Å². The predicted molar refractivity (Wildman–Crippen MR) is 78.4 cm³/mol. The SMILES string of the molecule is COC(OC)C(N)Cc1cc(Cl)cc2ccccc12. The molecular formula is C15H18ClNO2. The zero-order valence-corrected chi connectivity index (χ0v) is 11.9. The normalized spacial score (nSPS) is 13.1. The number of ether oxygens (including phenoxy) is 2. The molecule has 2 rings (SSSR count). The molecule has 2 aromatic carbocycles. The van der Waals surface area contributed by atoms with Gasteiger partial charge in [-0.3, -0.25) is 0 Å². The van der Waals surface area contributed by atoms with Gasteiger partial charge in [-0.05, 0) is 34.9 Å². The summed E-state index contributed by atoms with van der Waals surface area (Å²) in [6.07, 6.45) is 0.227. The Hall–Kier alpha value is -1.13. The Labute approximate surface area is 118 Å². The molecule has 0 fully saturated rings.